The van der Waals surface area contributed by atoms with Crippen LogP contribution in [-0.4, -0.2) is 111 Å². The van der Waals surface area contributed by atoms with E-state index in [0.717, 1.165) is 0 Å². The van der Waals surface area contributed by atoms with E-state index in [2.05, 4.69) is 0 Å². The Morgan fingerprint density at radius 1 is 0.667 bits per heavy atom. The first-order valence-electron chi connectivity index (χ1n) is 8.78. The van der Waals surface area contributed by atoms with Crippen molar-refractivity contribution in [3.63, 3.8) is 0 Å². The highest BCUT2D eigenvalue weighted by molar-refractivity contribution is 7.91. The van der Waals surface area contributed by atoms with Crippen LogP contribution in [0.2, 0.25) is 0 Å². The molecule has 0 unspecified atom stereocenters. The van der Waals surface area contributed by atoms with E-state index in [9.17, 15) is 13.2 Å². The normalized spacial score (nSPS) is 11.7. The predicted octanol–water partition coefficient (Wildman–Crippen LogP) is -0.395. The van der Waals surface area contributed by atoms with Gasteiger partial charge in [0.25, 0.3) is 0 Å². The van der Waals surface area contributed by atoms with Crippen molar-refractivity contribution in [3.05, 3.63) is 0 Å². The Balaban J connectivity index is 3.36. The lowest BCUT2D eigenvalue weighted by Gasteiger charge is -2.08. The summed E-state index contributed by atoms with van der Waals surface area (Å²) in [5.41, 5.74) is 0. The smallest absolute Gasteiger partial charge is 0.305 e. The molecule has 0 bridgehead atoms. The van der Waals surface area contributed by atoms with Gasteiger partial charge in [-0.25, -0.2) is 8.42 Å². The Kier molecular flexibility index (Phi) is 18.0. The SMILES string of the molecule is COCCOCCOCCS(=O)(=O)CCOCCOCCOCCC(=O)O. The summed E-state index contributed by atoms with van der Waals surface area (Å²) in [7, 11) is -1.63. The zero-order chi connectivity index (χ0) is 20.2. The van der Waals surface area contributed by atoms with E-state index >= 15 is 0 Å². The fourth-order valence-electron chi connectivity index (χ4n) is 1.64. The number of methoxy groups -OCH3 is 1. The minimum Gasteiger partial charge on any atom is -0.481 e. The third kappa shape index (κ3) is 21.3. The number of ether oxygens (including phenoxy) is 6. The van der Waals surface area contributed by atoms with Crippen LogP contribution in [-0.2, 0) is 43.1 Å². The molecule has 0 saturated heterocycles. The lowest BCUT2D eigenvalue weighted by molar-refractivity contribution is -0.138. The van der Waals surface area contributed by atoms with Crippen LogP contribution >= 0.6 is 0 Å². The molecule has 0 aromatic carbocycles. The molecule has 11 heteroatoms. The van der Waals surface area contributed by atoms with Crippen molar-refractivity contribution in [1.29, 1.82) is 0 Å². The zero-order valence-electron chi connectivity index (χ0n) is 15.9. The summed E-state index contributed by atoms with van der Waals surface area (Å²) in [6.45, 7) is 3.34. The number of carbonyl (C=O) groups is 1. The molecule has 0 radical (unpaired) electrons. The Morgan fingerprint density at radius 2 is 1.04 bits per heavy atom. The maximum atomic E-state index is 11.8. The number of carboxylic acid groups (broad SMARTS) is 1. The van der Waals surface area contributed by atoms with Crippen molar-refractivity contribution in [2.75, 3.05) is 91.3 Å². The molecule has 0 heterocycles. The molecule has 1 N–H and O–H groups in total. The van der Waals surface area contributed by atoms with E-state index < -0.39 is 15.8 Å². The van der Waals surface area contributed by atoms with Crippen LogP contribution in [0.4, 0.5) is 0 Å². The number of rotatable bonds is 21. The van der Waals surface area contributed by atoms with Crippen molar-refractivity contribution < 1.29 is 46.7 Å². The molecule has 0 amide bonds. The molecule has 0 aliphatic heterocycles. The van der Waals surface area contributed by atoms with Gasteiger partial charge in [-0.1, -0.05) is 0 Å². The summed E-state index contributed by atoms with van der Waals surface area (Å²) in [6.07, 6.45) is -0.0369. The average molecular weight is 416 g/mol. The third-order valence-electron chi connectivity index (χ3n) is 3.09. The van der Waals surface area contributed by atoms with Gasteiger partial charge < -0.3 is 33.5 Å². The van der Waals surface area contributed by atoms with E-state index in [4.69, 9.17) is 33.5 Å². The lowest BCUT2D eigenvalue weighted by Crippen LogP contribution is -2.21. The molecular weight excluding hydrogens is 384 g/mol. The van der Waals surface area contributed by atoms with Crippen LogP contribution < -0.4 is 0 Å². The molecule has 0 aliphatic carbocycles. The van der Waals surface area contributed by atoms with Gasteiger partial charge in [-0.05, 0) is 0 Å². The third-order valence-corrected chi connectivity index (χ3v) is 4.66. The van der Waals surface area contributed by atoms with Gasteiger partial charge in [-0.3, -0.25) is 4.79 Å². The number of hydrogen-bond donors (Lipinski definition) is 1. The molecule has 0 fully saturated rings. The van der Waals surface area contributed by atoms with Crippen molar-refractivity contribution in [1.82, 2.24) is 0 Å². The van der Waals surface area contributed by atoms with Gasteiger partial charge in [0.1, 0.15) is 0 Å². The van der Waals surface area contributed by atoms with E-state index in [1.165, 1.54) is 0 Å². The molecular formula is C16H32O10S. The standard InChI is InChI=1S/C16H32O10S/c1-21-4-5-23-8-10-25-12-14-27(19,20)15-13-26-11-9-24-7-6-22-3-2-16(17)18/h2-15H2,1H3,(H,17,18). The first-order valence-corrected chi connectivity index (χ1v) is 10.6. The van der Waals surface area contributed by atoms with Gasteiger partial charge in [-0.2, -0.15) is 0 Å². The highest BCUT2D eigenvalue weighted by Crippen LogP contribution is 1.93. The highest BCUT2D eigenvalue weighted by atomic mass is 32.2. The minimum atomic E-state index is -3.22. The summed E-state index contributed by atoms with van der Waals surface area (Å²) < 4.78 is 54.3. The summed E-state index contributed by atoms with van der Waals surface area (Å²) in [5, 5.41) is 8.42. The Morgan fingerprint density at radius 3 is 1.44 bits per heavy atom. The van der Waals surface area contributed by atoms with Crippen molar-refractivity contribution in [2.45, 2.75) is 6.42 Å². The Hall–Kier alpha value is -0.820. The predicted molar refractivity (Wildman–Crippen MR) is 96.9 cm³/mol. The summed E-state index contributed by atoms with van der Waals surface area (Å²) in [5.74, 6) is -1.03. The average Bonchev–Trinajstić information content (AvgIpc) is 2.61. The Labute approximate surface area is 160 Å². The fourth-order valence-corrected chi connectivity index (χ4v) is 2.59. The van der Waals surface area contributed by atoms with E-state index in [0.29, 0.717) is 46.2 Å². The summed E-state index contributed by atoms with van der Waals surface area (Å²) in [4.78, 5) is 10.3. The van der Waals surface area contributed by atoms with Crippen molar-refractivity contribution in [3.8, 4) is 0 Å². The van der Waals surface area contributed by atoms with E-state index in [1.807, 2.05) is 0 Å². The number of hydrogen-bond acceptors (Lipinski definition) is 9. The van der Waals surface area contributed by atoms with Crippen molar-refractivity contribution >= 4 is 15.8 Å². The van der Waals surface area contributed by atoms with Gasteiger partial charge in [0.15, 0.2) is 9.84 Å². The maximum absolute atomic E-state index is 11.8. The monoisotopic (exact) mass is 416 g/mol. The van der Waals surface area contributed by atoms with Crippen LogP contribution in [0.1, 0.15) is 6.42 Å². The summed E-state index contributed by atoms with van der Waals surface area (Å²) >= 11 is 0. The number of carboxylic acids is 1. The van der Waals surface area contributed by atoms with Crippen molar-refractivity contribution in [2.24, 2.45) is 0 Å². The fraction of sp³-hybridized carbons (Fsp3) is 0.938. The molecule has 0 aromatic rings. The van der Waals surface area contributed by atoms with Crippen LogP contribution in [0.3, 0.4) is 0 Å². The zero-order valence-corrected chi connectivity index (χ0v) is 16.7. The van der Waals surface area contributed by atoms with Gasteiger partial charge in [0.05, 0.1) is 90.6 Å². The molecule has 162 valence electrons. The maximum Gasteiger partial charge on any atom is 0.305 e. The van der Waals surface area contributed by atoms with Gasteiger partial charge in [0, 0.05) is 7.11 Å². The molecule has 0 rings (SSSR count). The number of sulfone groups is 1. The quantitative estimate of drug-likeness (QED) is 0.247. The minimum absolute atomic E-state index is 0.0369. The molecule has 0 atom stereocenters. The number of aliphatic carboxylic acids is 1. The molecule has 27 heavy (non-hydrogen) atoms. The second-order valence-electron chi connectivity index (χ2n) is 5.35. The van der Waals surface area contributed by atoms with Crippen LogP contribution in [0.25, 0.3) is 0 Å². The van der Waals surface area contributed by atoms with Gasteiger partial charge in [0.2, 0.25) is 0 Å². The second kappa shape index (κ2) is 18.5. The second-order valence-corrected chi connectivity index (χ2v) is 7.65. The van der Waals surface area contributed by atoms with Crippen LogP contribution in [0.15, 0.2) is 0 Å². The van der Waals surface area contributed by atoms with E-state index in [1.54, 1.807) is 7.11 Å². The highest BCUT2D eigenvalue weighted by Gasteiger charge is 2.10. The molecule has 0 spiro atoms. The molecule has 0 aliphatic rings. The topological polar surface area (TPSA) is 127 Å². The molecule has 0 aromatic heterocycles. The van der Waals surface area contributed by atoms with E-state index in [-0.39, 0.29) is 44.4 Å². The van der Waals surface area contributed by atoms with Crippen LogP contribution in [0.5, 0.6) is 0 Å². The molecule has 0 saturated carbocycles. The van der Waals surface area contributed by atoms with Gasteiger partial charge >= 0.3 is 5.97 Å². The first-order chi connectivity index (χ1) is 13.0. The van der Waals surface area contributed by atoms with Crippen LogP contribution in [0, 0.1) is 0 Å². The summed E-state index contributed by atoms with van der Waals surface area (Å²) in [6, 6.07) is 0. The Bertz CT molecular complexity index is 440. The largest absolute Gasteiger partial charge is 0.481 e. The lowest BCUT2D eigenvalue weighted by atomic mass is 10.5. The first kappa shape index (κ1) is 26.2. The molecule has 10 nitrogen and oxygen atoms in total. The van der Waals surface area contributed by atoms with Gasteiger partial charge in [-0.15, -0.1) is 0 Å².